The lowest BCUT2D eigenvalue weighted by Gasteiger charge is -2.44. The minimum absolute atomic E-state index is 0.0350. The Morgan fingerprint density at radius 1 is 0.957 bits per heavy atom. The van der Waals surface area contributed by atoms with E-state index in [1.54, 1.807) is 32.8 Å². The summed E-state index contributed by atoms with van der Waals surface area (Å²) in [6.45, 7) is 7.04. The van der Waals surface area contributed by atoms with Crippen LogP contribution in [0.3, 0.4) is 0 Å². The van der Waals surface area contributed by atoms with Gasteiger partial charge in [-0.25, -0.2) is 8.78 Å². The van der Waals surface area contributed by atoms with Gasteiger partial charge < -0.3 is 34.6 Å². The van der Waals surface area contributed by atoms with E-state index in [1.807, 2.05) is 30.3 Å². The molecule has 0 aromatic heterocycles. The van der Waals surface area contributed by atoms with Crippen molar-refractivity contribution in [2.45, 2.75) is 103 Å². The summed E-state index contributed by atoms with van der Waals surface area (Å²) >= 11 is 0. The van der Waals surface area contributed by atoms with Crippen LogP contribution in [0.4, 0.5) is 8.78 Å². The van der Waals surface area contributed by atoms with Crippen molar-refractivity contribution in [3.63, 3.8) is 0 Å². The number of nitrogens with one attached hydrogen (secondary N) is 2. The number of likely N-dealkylation sites (tertiary alicyclic amines) is 2. The van der Waals surface area contributed by atoms with Crippen LogP contribution in [0.1, 0.15) is 65.4 Å². The van der Waals surface area contributed by atoms with Crippen LogP contribution < -0.4 is 10.6 Å². The molecule has 13 heteroatoms. The third kappa shape index (κ3) is 11.2. The van der Waals surface area contributed by atoms with Gasteiger partial charge in [0.05, 0.1) is 25.4 Å². The number of methoxy groups -OCH3 is 2. The molecule has 0 bridgehead atoms. The second-order valence-electron chi connectivity index (χ2n) is 13.1. The standard InChI is InChI=1S/C34H52F2N4O7/c1-22(2)31(42)38-30(32(43)39-16-14-34(35,36)15-17-39)28(47-21-25-10-8-7-9-11-25)18-27-13-12-26(20-45-5)19-40(27)33(44)29(23(3)46-6)37-24(4)41/h7-11,22-23,26-30H,12-21H2,1-6H3,(H,37,41)(H,38,42). The highest BCUT2D eigenvalue weighted by atomic mass is 19.3. The van der Waals surface area contributed by atoms with Crippen LogP contribution in [0.2, 0.25) is 0 Å². The van der Waals surface area contributed by atoms with Gasteiger partial charge in [-0.2, -0.15) is 0 Å². The Morgan fingerprint density at radius 3 is 2.19 bits per heavy atom. The largest absolute Gasteiger partial charge is 0.384 e. The van der Waals surface area contributed by atoms with Crippen LogP contribution in [-0.4, -0.2) is 110 Å². The third-order valence-electron chi connectivity index (χ3n) is 9.03. The molecule has 47 heavy (non-hydrogen) atoms. The third-order valence-corrected chi connectivity index (χ3v) is 9.03. The fraction of sp³-hybridized carbons (Fsp3) is 0.706. The topological polar surface area (TPSA) is 127 Å². The lowest BCUT2D eigenvalue weighted by Crippen LogP contribution is -2.61. The van der Waals surface area contributed by atoms with E-state index in [0.29, 0.717) is 19.6 Å². The van der Waals surface area contributed by atoms with Gasteiger partial charge in [0, 0.05) is 65.6 Å². The molecular weight excluding hydrogens is 614 g/mol. The summed E-state index contributed by atoms with van der Waals surface area (Å²) in [6.07, 6.45) is -1.01. The molecule has 2 heterocycles. The van der Waals surface area contributed by atoms with Crippen molar-refractivity contribution in [3.05, 3.63) is 35.9 Å². The molecule has 1 aromatic carbocycles. The van der Waals surface area contributed by atoms with Crippen molar-refractivity contribution in [2.24, 2.45) is 11.8 Å². The number of nitrogens with zero attached hydrogens (tertiary/aromatic N) is 2. The van der Waals surface area contributed by atoms with Crippen LogP contribution in [-0.2, 0) is 40.0 Å². The molecule has 3 rings (SSSR count). The summed E-state index contributed by atoms with van der Waals surface area (Å²) in [5, 5.41) is 5.59. The Labute approximate surface area is 277 Å². The zero-order valence-corrected chi connectivity index (χ0v) is 28.5. The van der Waals surface area contributed by atoms with Crippen molar-refractivity contribution in [1.82, 2.24) is 20.4 Å². The van der Waals surface area contributed by atoms with E-state index in [2.05, 4.69) is 10.6 Å². The van der Waals surface area contributed by atoms with Crippen molar-refractivity contribution >= 4 is 23.6 Å². The monoisotopic (exact) mass is 666 g/mol. The zero-order valence-electron chi connectivity index (χ0n) is 28.5. The van der Waals surface area contributed by atoms with E-state index >= 15 is 0 Å². The molecule has 6 atom stereocenters. The maximum atomic E-state index is 14.2. The van der Waals surface area contributed by atoms with E-state index in [0.717, 1.165) is 12.0 Å². The number of hydrogen-bond acceptors (Lipinski definition) is 7. The van der Waals surface area contributed by atoms with Crippen LogP contribution in [0.15, 0.2) is 30.3 Å². The van der Waals surface area contributed by atoms with Crippen LogP contribution >= 0.6 is 0 Å². The van der Waals surface area contributed by atoms with Gasteiger partial charge in [0.25, 0.3) is 5.92 Å². The molecular formula is C34H52F2N4O7. The minimum atomic E-state index is -2.86. The second-order valence-corrected chi connectivity index (χ2v) is 13.1. The Balaban J connectivity index is 2.00. The Hall–Kier alpha value is -3.16. The number of amides is 4. The van der Waals surface area contributed by atoms with Crippen molar-refractivity contribution in [1.29, 1.82) is 0 Å². The Kier molecular flexibility index (Phi) is 14.5. The maximum Gasteiger partial charge on any atom is 0.251 e. The quantitative estimate of drug-likeness (QED) is 0.295. The van der Waals surface area contributed by atoms with Gasteiger partial charge in [0.15, 0.2) is 0 Å². The lowest BCUT2D eigenvalue weighted by molar-refractivity contribution is -0.150. The molecule has 2 saturated heterocycles. The molecule has 6 unspecified atom stereocenters. The number of ether oxygens (including phenoxy) is 3. The molecule has 2 aliphatic rings. The number of carbonyl (C=O) groups is 4. The average Bonchev–Trinajstić information content (AvgIpc) is 3.04. The van der Waals surface area contributed by atoms with E-state index in [-0.39, 0.29) is 49.8 Å². The molecule has 2 N–H and O–H groups in total. The highest BCUT2D eigenvalue weighted by Gasteiger charge is 2.44. The molecule has 1 aromatic rings. The van der Waals surface area contributed by atoms with E-state index < -0.39 is 60.9 Å². The fourth-order valence-corrected chi connectivity index (χ4v) is 6.13. The number of halogens is 2. The van der Waals surface area contributed by atoms with Gasteiger partial charge in [-0.05, 0) is 37.7 Å². The SMILES string of the molecule is COCC1CCC(CC(OCc2ccccc2)C(NC(=O)C(C)C)C(=O)N2CCC(F)(F)CC2)N(C(=O)C(NC(C)=O)C(C)OC)C1. The first-order chi connectivity index (χ1) is 22.3. The van der Waals surface area contributed by atoms with Crippen molar-refractivity contribution in [2.75, 3.05) is 40.5 Å². The number of carbonyl (C=O) groups excluding carboxylic acids is 4. The zero-order chi connectivity index (χ0) is 34.7. The minimum Gasteiger partial charge on any atom is -0.384 e. The fourth-order valence-electron chi connectivity index (χ4n) is 6.13. The molecule has 2 fully saturated rings. The van der Waals surface area contributed by atoms with Crippen LogP contribution in [0.25, 0.3) is 0 Å². The van der Waals surface area contributed by atoms with Gasteiger partial charge >= 0.3 is 0 Å². The smallest absolute Gasteiger partial charge is 0.251 e. The number of piperidine rings is 2. The molecule has 0 spiro atoms. The van der Waals surface area contributed by atoms with Gasteiger partial charge in [-0.15, -0.1) is 0 Å². The highest BCUT2D eigenvalue weighted by molar-refractivity contribution is 5.89. The van der Waals surface area contributed by atoms with Gasteiger partial charge in [0.2, 0.25) is 23.6 Å². The predicted octanol–water partition coefficient (Wildman–Crippen LogP) is 3.15. The summed E-state index contributed by atoms with van der Waals surface area (Å²) < 4.78 is 45.4. The van der Waals surface area contributed by atoms with Crippen molar-refractivity contribution in [3.8, 4) is 0 Å². The summed E-state index contributed by atoms with van der Waals surface area (Å²) in [7, 11) is 3.06. The molecule has 4 amide bonds. The van der Waals surface area contributed by atoms with E-state index in [9.17, 15) is 28.0 Å². The van der Waals surface area contributed by atoms with E-state index in [1.165, 1.54) is 18.9 Å². The predicted molar refractivity (Wildman–Crippen MR) is 171 cm³/mol. The molecule has 11 nitrogen and oxygen atoms in total. The highest BCUT2D eigenvalue weighted by Crippen LogP contribution is 2.31. The van der Waals surface area contributed by atoms with Crippen LogP contribution in [0, 0.1) is 11.8 Å². The lowest BCUT2D eigenvalue weighted by atomic mass is 9.87. The number of rotatable bonds is 15. The molecule has 0 saturated carbocycles. The molecule has 2 aliphatic heterocycles. The Bertz CT molecular complexity index is 1180. The summed E-state index contributed by atoms with van der Waals surface area (Å²) in [6, 6.07) is 6.77. The van der Waals surface area contributed by atoms with Gasteiger partial charge in [-0.1, -0.05) is 44.2 Å². The van der Waals surface area contributed by atoms with Gasteiger partial charge in [-0.3, -0.25) is 19.2 Å². The molecule has 0 aliphatic carbocycles. The second kappa shape index (κ2) is 17.8. The maximum absolute atomic E-state index is 14.2. The normalized spacial score (nSPS) is 22.2. The first kappa shape index (κ1) is 38.3. The first-order valence-electron chi connectivity index (χ1n) is 16.5. The summed E-state index contributed by atoms with van der Waals surface area (Å²) in [5.74, 6) is -4.88. The first-order valence-corrected chi connectivity index (χ1v) is 16.5. The van der Waals surface area contributed by atoms with Crippen LogP contribution in [0.5, 0.6) is 0 Å². The average molecular weight is 667 g/mol. The summed E-state index contributed by atoms with van der Waals surface area (Å²) in [4.78, 5) is 56.6. The Morgan fingerprint density at radius 2 is 1.62 bits per heavy atom. The van der Waals surface area contributed by atoms with Crippen molar-refractivity contribution < 1.29 is 42.2 Å². The molecule has 0 radical (unpaired) electrons. The van der Waals surface area contributed by atoms with Gasteiger partial charge in [0.1, 0.15) is 12.1 Å². The number of hydrogen-bond donors (Lipinski definition) is 2. The number of alkyl halides is 2. The summed E-state index contributed by atoms with van der Waals surface area (Å²) in [5.41, 5.74) is 0.841. The number of benzene rings is 1. The molecule has 264 valence electrons. The van der Waals surface area contributed by atoms with E-state index in [4.69, 9.17) is 14.2 Å².